The minimum Gasteiger partial charge on any atom is -0.496 e. The highest BCUT2D eigenvalue weighted by Gasteiger charge is 2.33. The third-order valence-corrected chi connectivity index (χ3v) is 3.85. The number of ether oxygens (including phenoxy) is 2. The van der Waals surface area contributed by atoms with E-state index in [0.717, 1.165) is 42.7 Å². The Kier molecular flexibility index (Phi) is 7.39. The van der Waals surface area contributed by atoms with E-state index in [0.29, 0.717) is 6.61 Å². The van der Waals surface area contributed by atoms with Crippen molar-refractivity contribution in [1.82, 2.24) is 0 Å². The summed E-state index contributed by atoms with van der Waals surface area (Å²) in [6.45, 7) is 8.42. The monoisotopic (exact) mass is 307 g/mol. The first kappa shape index (κ1) is 18.5. The number of benzene rings is 1. The Morgan fingerprint density at radius 2 is 2.00 bits per heavy atom. The number of carbonyl (C=O) groups excluding carboxylic acids is 1. The molecule has 0 unspecified atom stereocenters. The number of rotatable bonds is 9. The zero-order valence-electron chi connectivity index (χ0n) is 14.5. The number of amides is 1. The average Bonchev–Trinajstić information content (AvgIpc) is 2.48. The van der Waals surface area contributed by atoms with Crippen molar-refractivity contribution < 1.29 is 14.3 Å². The van der Waals surface area contributed by atoms with Crippen LogP contribution in [0.1, 0.15) is 52.0 Å². The molecule has 0 spiro atoms. The van der Waals surface area contributed by atoms with Crippen molar-refractivity contribution in [2.45, 2.75) is 59.0 Å². The Morgan fingerprint density at radius 3 is 2.55 bits per heavy atom. The van der Waals surface area contributed by atoms with Gasteiger partial charge in [-0.2, -0.15) is 0 Å². The van der Waals surface area contributed by atoms with Gasteiger partial charge in [-0.15, -0.1) is 0 Å². The summed E-state index contributed by atoms with van der Waals surface area (Å²) in [6.07, 6.45) is 3.96. The molecule has 124 valence electrons. The number of methoxy groups -OCH3 is 1. The molecule has 0 aliphatic rings. The summed E-state index contributed by atoms with van der Waals surface area (Å²) >= 11 is 0. The van der Waals surface area contributed by atoms with Crippen molar-refractivity contribution in [2.24, 2.45) is 0 Å². The van der Waals surface area contributed by atoms with Crippen LogP contribution < -0.4 is 10.1 Å². The second kappa shape index (κ2) is 8.79. The van der Waals surface area contributed by atoms with E-state index >= 15 is 0 Å². The summed E-state index contributed by atoms with van der Waals surface area (Å²) in [5, 5.41) is 2.97. The van der Waals surface area contributed by atoms with Crippen LogP contribution in [-0.2, 0) is 9.53 Å². The molecule has 4 heteroatoms. The Bertz CT molecular complexity index is 487. The molecular weight excluding hydrogens is 278 g/mol. The molecular formula is C18H29NO3. The molecule has 1 aromatic carbocycles. The number of hydrogen-bond acceptors (Lipinski definition) is 3. The maximum absolute atomic E-state index is 12.6. The van der Waals surface area contributed by atoms with Gasteiger partial charge >= 0.3 is 0 Å². The Morgan fingerprint density at radius 1 is 1.27 bits per heavy atom. The zero-order chi connectivity index (χ0) is 16.6. The minimum absolute atomic E-state index is 0.0879. The molecule has 0 fully saturated rings. The SMILES string of the molecule is CCCCC[C@](C)(OCC)C(=O)Nc1ccc(OC)c(C)c1. The molecule has 0 saturated heterocycles. The van der Waals surface area contributed by atoms with Crippen molar-refractivity contribution >= 4 is 11.6 Å². The molecule has 22 heavy (non-hydrogen) atoms. The number of carbonyl (C=O) groups is 1. The molecule has 0 aliphatic carbocycles. The summed E-state index contributed by atoms with van der Waals surface area (Å²) in [5.74, 6) is 0.725. The molecule has 0 aliphatic heterocycles. The fraction of sp³-hybridized carbons (Fsp3) is 0.611. The van der Waals surface area contributed by atoms with E-state index in [1.165, 1.54) is 0 Å². The van der Waals surface area contributed by atoms with Gasteiger partial charge in [0.25, 0.3) is 5.91 Å². The maximum atomic E-state index is 12.6. The lowest BCUT2D eigenvalue weighted by Crippen LogP contribution is -2.42. The van der Waals surface area contributed by atoms with Gasteiger partial charge in [0.15, 0.2) is 0 Å². The fourth-order valence-electron chi connectivity index (χ4n) is 2.50. The Labute approximate surface area is 134 Å². The van der Waals surface area contributed by atoms with E-state index in [1.807, 2.05) is 39.0 Å². The van der Waals surface area contributed by atoms with Crippen LogP contribution in [0.25, 0.3) is 0 Å². The zero-order valence-corrected chi connectivity index (χ0v) is 14.5. The molecule has 1 aromatic rings. The third kappa shape index (κ3) is 5.02. The maximum Gasteiger partial charge on any atom is 0.256 e. The second-order valence-electron chi connectivity index (χ2n) is 5.76. The lowest BCUT2D eigenvalue weighted by Gasteiger charge is -2.28. The van der Waals surface area contributed by atoms with Crippen LogP contribution in [0.2, 0.25) is 0 Å². The first-order chi connectivity index (χ1) is 10.5. The molecule has 1 amide bonds. The van der Waals surface area contributed by atoms with Crippen LogP contribution in [0.4, 0.5) is 5.69 Å². The highest BCUT2D eigenvalue weighted by Crippen LogP contribution is 2.25. The van der Waals surface area contributed by atoms with Crippen LogP contribution >= 0.6 is 0 Å². The van der Waals surface area contributed by atoms with Crippen LogP contribution in [-0.4, -0.2) is 25.2 Å². The Balaban J connectivity index is 2.79. The first-order valence-corrected chi connectivity index (χ1v) is 8.07. The normalized spacial score (nSPS) is 13.5. The van der Waals surface area contributed by atoms with Gasteiger partial charge in [-0.25, -0.2) is 0 Å². The van der Waals surface area contributed by atoms with Gasteiger partial charge in [-0.1, -0.05) is 26.2 Å². The van der Waals surface area contributed by atoms with E-state index in [-0.39, 0.29) is 5.91 Å². The van der Waals surface area contributed by atoms with Gasteiger partial charge in [0.2, 0.25) is 0 Å². The number of nitrogens with one attached hydrogen (secondary N) is 1. The molecule has 1 atom stereocenters. The van der Waals surface area contributed by atoms with Crippen molar-refractivity contribution in [3.63, 3.8) is 0 Å². The average molecular weight is 307 g/mol. The largest absolute Gasteiger partial charge is 0.496 e. The molecule has 4 nitrogen and oxygen atoms in total. The lowest BCUT2D eigenvalue weighted by atomic mass is 9.96. The lowest BCUT2D eigenvalue weighted by molar-refractivity contribution is -0.139. The first-order valence-electron chi connectivity index (χ1n) is 8.07. The van der Waals surface area contributed by atoms with Gasteiger partial charge in [0, 0.05) is 12.3 Å². The fourth-order valence-corrected chi connectivity index (χ4v) is 2.50. The molecule has 1 rings (SSSR count). The van der Waals surface area contributed by atoms with Gasteiger partial charge in [0.1, 0.15) is 11.4 Å². The third-order valence-electron chi connectivity index (χ3n) is 3.85. The van der Waals surface area contributed by atoms with Gasteiger partial charge in [-0.05, 0) is 51.0 Å². The van der Waals surface area contributed by atoms with Gasteiger partial charge in [-0.3, -0.25) is 4.79 Å². The van der Waals surface area contributed by atoms with E-state index in [4.69, 9.17) is 9.47 Å². The van der Waals surface area contributed by atoms with Crippen LogP contribution in [0.3, 0.4) is 0 Å². The van der Waals surface area contributed by atoms with Crippen molar-refractivity contribution in [1.29, 1.82) is 0 Å². The summed E-state index contributed by atoms with van der Waals surface area (Å²) in [7, 11) is 1.64. The van der Waals surface area contributed by atoms with Crippen LogP contribution in [0, 0.1) is 6.92 Å². The summed E-state index contributed by atoms with van der Waals surface area (Å²) < 4.78 is 11.0. The number of anilines is 1. The summed E-state index contributed by atoms with van der Waals surface area (Å²) in [4.78, 5) is 12.6. The molecule has 0 saturated carbocycles. The molecule has 0 aromatic heterocycles. The van der Waals surface area contributed by atoms with Crippen molar-refractivity contribution in [3.05, 3.63) is 23.8 Å². The number of aryl methyl sites for hydroxylation is 1. The van der Waals surface area contributed by atoms with Crippen LogP contribution in [0.15, 0.2) is 18.2 Å². The second-order valence-corrected chi connectivity index (χ2v) is 5.76. The topological polar surface area (TPSA) is 47.6 Å². The standard InChI is InChI=1S/C18H29NO3/c1-6-8-9-12-18(4,22-7-2)17(20)19-15-10-11-16(21-5)14(3)13-15/h10-11,13H,6-9,12H2,1-5H3,(H,19,20)/t18-/m0/s1. The van der Waals surface area contributed by atoms with E-state index < -0.39 is 5.60 Å². The van der Waals surface area contributed by atoms with Crippen molar-refractivity contribution in [3.8, 4) is 5.75 Å². The number of hydrogen-bond donors (Lipinski definition) is 1. The van der Waals surface area contributed by atoms with Crippen LogP contribution in [0.5, 0.6) is 5.75 Å². The summed E-state index contributed by atoms with van der Waals surface area (Å²) in [6, 6.07) is 5.62. The highest BCUT2D eigenvalue weighted by atomic mass is 16.5. The Hall–Kier alpha value is -1.55. The molecule has 0 heterocycles. The van der Waals surface area contributed by atoms with Crippen molar-refractivity contribution in [2.75, 3.05) is 19.0 Å². The molecule has 1 N–H and O–H groups in total. The molecule has 0 radical (unpaired) electrons. The summed E-state index contributed by atoms with van der Waals surface area (Å²) in [5.41, 5.74) is 0.978. The van der Waals surface area contributed by atoms with E-state index in [2.05, 4.69) is 12.2 Å². The van der Waals surface area contributed by atoms with Gasteiger partial charge in [0.05, 0.1) is 7.11 Å². The predicted molar refractivity (Wildman–Crippen MR) is 90.5 cm³/mol. The molecule has 0 bridgehead atoms. The predicted octanol–water partition coefficient (Wildman–Crippen LogP) is 4.32. The minimum atomic E-state index is -0.780. The smallest absolute Gasteiger partial charge is 0.256 e. The van der Waals surface area contributed by atoms with E-state index in [1.54, 1.807) is 7.11 Å². The van der Waals surface area contributed by atoms with E-state index in [9.17, 15) is 4.79 Å². The highest BCUT2D eigenvalue weighted by molar-refractivity contribution is 5.97. The quantitative estimate of drug-likeness (QED) is 0.691. The number of unbranched alkanes of at least 4 members (excludes halogenated alkanes) is 2. The van der Waals surface area contributed by atoms with Gasteiger partial charge < -0.3 is 14.8 Å².